The molecule has 96 valence electrons. The lowest BCUT2D eigenvalue weighted by molar-refractivity contribution is 0.273. The average Bonchev–Trinajstić information content (AvgIpc) is 2.81. The van der Waals surface area contributed by atoms with E-state index < -0.39 is 0 Å². The Balaban J connectivity index is 1.80. The molecule has 19 heavy (non-hydrogen) atoms. The average molecular weight is 255 g/mol. The van der Waals surface area contributed by atoms with Crippen LogP contribution in [0.3, 0.4) is 0 Å². The highest BCUT2D eigenvalue weighted by molar-refractivity contribution is 5.88. The lowest BCUT2D eigenvalue weighted by Gasteiger charge is -2.03. The molecule has 0 aliphatic carbocycles. The van der Waals surface area contributed by atoms with E-state index in [9.17, 15) is 5.11 Å². The number of ether oxygens (including phenoxy) is 1. The van der Waals surface area contributed by atoms with Gasteiger partial charge in [0.15, 0.2) is 5.58 Å². The first-order valence-electron chi connectivity index (χ1n) is 5.91. The van der Waals surface area contributed by atoms with Gasteiger partial charge in [-0.15, -0.1) is 0 Å². The Morgan fingerprint density at radius 2 is 1.95 bits per heavy atom. The molecule has 2 aromatic carbocycles. The zero-order chi connectivity index (χ0) is 13.2. The zero-order valence-corrected chi connectivity index (χ0v) is 10.2. The molecule has 0 fully saturated rings. The summed E-state index contributed by atoms with van der Waals surface area (Å²) in [5.41, 5.74) is 7.12. The molecule has 1 aromatic heterocycles. The van der Waals surface area contributed by atoms with Gasteiger partial charge in [-0.25, -0.2) is 0 Å². The smallest absolute Gasteiger partial charge is 0.157 e. The van der Waals surface area contributed by atoms with Crippen LogP contribution >= 0.6 is 0 Å². The molecule has 0 aliphatic heterocycles. The number of hydrogen-bond donors (Lipinski definition) is 2. The van der Waals surface area contributed by atoms with Crippen molar-refractivity contribution in [2.45, 2.75) is 6.61 Å². The Bertz CT molecular complexity index is 718. The van der Waals surface area contributed by atoms with Crippen LogP contribution in [0.2, 0.25) is 0 Å². The van der Waals surface area contributed by atoms with E-state index in [2.05, 4.69) is 0 Å². The van der Waals surface area contributed by atoms with E-state index >= 15 is 0 Å². The summed E-state index contributed by atoms with van der Waals surface area (Å²) in [5.74, 6) is 1.45. The summed E-state index contributed by atoms with van der Waals surface area (Å²) in [6.45, 7) is 0.289. The first-order chi connectivity index (χ1) is 9.22. The number of nitrogen functional groups attached to an aromatic ring is 1. The first kappa shape index (κ1) is 11.5. The quantitative estimate of drug-likeness (QED) is 0.704. The molecule has 0 bridgehead atoms. The van der Waals surface area contributed by atoms with Crippen molar-refractivity contribution in [3.63, 3.8) is 0 Å². The van der Waals surface area contributed by atoms with Crippen LogP contribution in [0.5, 0.6) is 11.5 Å². The van der Waals surface area contributed by atoms with Gasteiger partial charge in [0, 0.05) is 11.5 Å². The van der Waals surface area contributed by atoms with Crippen molar-refractivity contribution in [3.05, 3.63) is 54.3 Å². The van der Waals surface area contributed by atoms with E-state index in [-0.39, 0.29) is 12.4 Å². The third-order valence-electron chi connectivity index (χ3n) is 2.82. The maximum absolute atomic E-state index is 9.34. The molecule has 4 heteroatoms. The van der Waals surface area contributed by atoms with Crippen LogP contribution in [0.4, 0.5) is 5.69 Å². The highest BCUT2D eigenvalue weighted by Crippen LogP contribution is 2.26. The Kier molecular flexibility index (Phi) is 2.76. The van der Waals surface area contributed by atoms with Crippen molar-refractivity contribution in [1.82, 2.24) is 0 Å². The normalized spacial score (nSPS) is 10.7. The molecule has 3 N–H and O–H groups in total. The van der Waals surface area contributed by atoms with Gasteiger partial charge in [-0.05, 0) is 24.3 Å². The number of hydrogen-bond acceptors (Lipinski definition) is 4. The minimum absolute atomic E-state index is 0.173. The van der Waals surface area contributed by atoms with Crippen LogP contribution < -0.4 is 10.5 Å². The fourth-order valence-corrected chi connectivity index (χ4v) is 1.94. The summed E-state index contributed by atoms with van der Waals surface area (Å²) in [5, 5.41) is 10.3. The summed E-state index contributed by atoms with van der Waals surface area (Å²) in [6.07, 6.45) is 0. The van der Waals surface area contributed by atoms with Crippen molar-refractivity contribution >= 4 is 16.7 Å². The van der Waals surface area contributed by atoms with Crippen molar-refractivity contribution in [1.29, 1.82) is 0 Å². The van der Waals surface area contributed by atoms with Gasteiger partial charge in [0.1, 0.15) is 23.9 Å². The predicted molar refractivity (Wildman–Crippen MR) is 73.1 cm³/mol. The Morgan fingerprint density at radius 1 is 1.11 bits per heavy atom. The van der Waals surface area contributed by atoms with Crippen molar-refractivity contribution < 1.29 is 14.3 Å². The van der Waals surface area contributed by atoms with Gasteiger partial charge >= 0.3 is 0 Å². The van der Waals surface area contributed by atoms with Crippen molar-refractivity contribution in [3.8, 4) is 11.5 Å². The van der Waals surface area contributed by atoms with Gasteiger partial charge < -0.3 is 20.0 Å². The number of nitrogens with two attached hydrogens (primary N) is 1. The molecule has 0 saturated carbocycles. The van der Waals surface area contributed by atoms with Crippen LogP contribution in [0.15, 0.2) is 52.9 Å². The van der Waals surface area contributed by atoms with E-state index in [4.69, 9.17) is 14.9 Å². The van der Waals surface area contributed by atoms with Crippen LogP contribution in [-0.4, -0.2) is 5.11 Å². The number of phenolic OH excluding ortho intramolecular Hbond substituents is 1. The number of phenols is 1. The fraction of sp³-hybridized carbons (Fsp3) is 0.0667. The second-order valence-corrected chi connectivity index (χ2v) is 4.26. The van der Waals surface area contributed by atoms with Crippen LogP contribution in [-0.2, 0) is 6.61 Å². The topological polar surface area (TPSA) is 68.6 Å². The lowest BCUT2D eigenvalue weighted by atomic mass is 10.2. The van der Waals surface area contributed by atoms with Gasteiger partial charge in [0.2, 0.25) is 0 Å². The number of fused-ring (bicyclic) bond motifs is 1. The van der Waals surface area contributed by atoms with E-state index in [0.717, 1.165) is 5.39 Å². The number of rotatable bonds is 3. The minimum atomic E-state index is 0.173. The zero-order valence-electron chi connectivity index (χ0n) is 10.2. The third-order valence-corrected chi connectivity index (χ3v) is 2.82. The minimum Gasteiger partial charge on any atom is -0.508 e. The molecular weight excluding hydrogens is 242 g/mol. The number of anilines is 1. The van der Waals surface area contributed by atoms with E-state index in [1.807, 2.05) is 18.2 Å². The van der Waals surface area contributed by atoms with Crippen LogP contribution in [0, 0.1) is 0 Å². The van der Waals surface area contributed by atoms with Crippen LogP contribution in [0.1, 0.15) is 5.76 Å². The standard InChI is InChI=1S/C15H13NO3/c16-14-6-1-3-10-7-13(19-15(10)14)9-18-12-5-2-4-11(17)8-12/h1-8,17H,9,16H2. The molecule has 0 radical (unpaired) electrons. The van der Waals surface area contributed by atoms with E-state index in [1.165, 1.54) is 0 Å². The van der Waals surface area contributed by atoms with Crippen molar-refractivity contribution in [2.75, 3.05) is 5.73 Å². The summed E-state index contributed by atoms with van der Waals surface area (Å²) < 4.78 is 11.2. The van der Waals surface area contributed by atoms with E-state index in [1.54, 1.807) is 30.3 Å². The molecule has 0 spiro atoms. The molecule has 3 rings (SSSR count). The molecular formula is C15H13NO3. The second-order valence-electron chi connectivity index (χ2n) is 4.26. The van der Waals surface area contributed by atoms with E-state index in [0.29, 0.717) is 22.8 Å². The van der Waals surface area contributed by atoms with Gasteiger partial charge in [0.25, 0.3) is 0 Å². The fourth-order valence-electron chi connectivity index (χ4n) is 1.94. The summed E-state index contributed by atoms with van der Waals surface area (Å²) in [4.78, 5) is 0. The molecule has 0 amide bonds. The van der Waals surface area contributed by atoms with Gasteiger partial charge in [-0.1, -0.05) is 18.2 Å². The number of aromatic hydroxyl groups is 1. The van der Waals surface area contributed by atoms with Crippen molar-refractivity contribution in [2.24, 2.45) is 0 Å². The maximum atomic E-state index is 9.34. The Morgan fingerprint density at radius 3 is 2.74 bits per heavy atom. The Hall–Kier alpha value is -2.62. The molecule has 3 aromatic rings. The molecule has 0 atom stereocenters. The number of benzene rings is 2. The Labute approximate surface area is 110 Å². The van der Waals surface area contributed by atoms with Crippen LogP contribution in [0.25, 0.3) is 11.0 Å². The highest BCUT2D eigenvalue weighted by atomic mass is 16.5. The molecule has 1 heterocycles. The predicted octanol–water partition coefficient (Wildman–Crippen LogP) is 3.30. The number of para-hydroxylation sites is 1. The molecule has 0 saturated heterocycles. The monoisotopic (exact) mass is 255 g/mol. The first-order valence-corrected chi connectivity index (χ1v) is 5.91. The third kappa shape index (κ3) is 2.33. The SMILES string of the molecule is Nc1cccc2cc(COc3cccc(O)c3)oc12. The summed E-state index contributed by atoms with van der Waals surface area (Å²) >= 11 is 0. The lowest BCUT2D eigenvalue weighted by Crippen LogP contribution is -1.93. The van der Waals surface area contributed by atoms with Gasteiger partial charge in [-0.2, -0.15) is 0 Å². The second kappa shape index (κ2) is 4.57. The van der Waals surface area contributed by atoms with Gasteiger partial charge in [-0.3, -0.25) is 0 Å². The van der Waals surface area contributed by atoms with Gasteiger partial charge in [0.05, 0.1) is 5.69 Å². The molecule has 0 aliphatic rings. The maximum Gasteiger partial charge on any atom is 0.157 e. The molecule has 0 unspecified atom stereocenters. The number of furan rings is 1. The largest absolute Gasteiger partial charge is 0.508 e. The summed E-state index contributed by atoms with van der Waals surface area (Å²) in [7, 11) is 0. The molecule has 4 nitrogen and oxygen atoms in total. The summed E-state index contributed by atoms with van der Waals surface area (Å²) in [6, 6.07) is 14.2. The highest BCUT2D eigenvalue weighted by Gasteiger charge is 2.07.